The maximum absolute atomic E-state index is 12.8. The molecular formula is C20H22N2O5S. The Labute approximate surface area is 164 Å². The monoisotopic (exact) mass is 402 g/mol. The molecule has 2 aliphatic heterocycles. The van der Waals surface area contributed by atoms with Crippen LogP contribution in [-0.2, 0) is 21.1 Å². The Morgan fingerprint density at radius 2 is 2.07 bits per heavy atom. The van der Waals surface area contributed by atoms with Gasteiger partial charge in [-0.25, -0.2) is 8.42 Å². The van der Waals surface area contributed by atoms with Gasteiger partial charge in [-0.05, 0) is 42.7 Å². The van der Waals surface area contributed by atoms with E-state index < -0.39 is 9.84 Å². The van der Waals surface area contributed by atoms with Crippen LogP contribution in [-0.4, -0.2) is 50.3 Å². The highest BCUT2D eigenvalue weighted by Crippen LogP contribution is 2.33. The van der Waals surface area contributed by atoms with E-state index in [0.29, 0.717) is 30.3 Å². The lowest BCUT2D eigenvalue weighted by atomic mass is 9.93. The van der Waals surface area contributed by atoms with Gasteiger partial charge in [0, 0.05) is 31.5 Å². The molecule has 0 spiro atoms. The normalized spacial score (nSPS) is 18.9. The Balaban J connectivity index is 1.49. The fourth-order valence-electron chi connectivity index (χ4n) is 3.79. The van der Waals surface area contributed by atoms with Gasteiger partial charge in [0.15, 0.2) is 21.3 Å². The Morgan fingerprint density at radius 1 is 1.25 bits per heavy atom. The molecule has 7 nitrogen and oxygen atoms in total. The van der Waals surface area contributed by atoms with Crippen molar-refractivity contribution in [2.45, 2.75) is 30.1 Å². The lowest BCUT2D eigenvalue weighted by Gasteiger charge is -2.33. The van der Waals surface area contributed by atoms with Crippen molar-refractivity contribution in [3.63, 3.8) is 0 Å². The van der Waals surface area contributed by atoms with Gasteiger partial charge in [-0.15, -0.1) is 0 Å². The molecule has 0 bridgehead atoms. The number of hydrogen-bond acceptors (Lipinski definition) is 6. The molecule has 148 valence electrons. The number of benzene rings is 1. The summed E-state index contributed by atoms with van der Waals surface area (Å²) >= 11 is 0. The molecule has 1 amide bonds. The topological polar surface area (TPSA) is 85.8 Å². The highest BCUT2D eigenvalue weighted by molar-refractivity contribution is 7.90. The molecule has 0 aliphatic carbocycles. The highest BCUT2D eigenvalue weighted by atomic mass is 32.2. The summed E-state index contributed by atoms with van der Waals surface area (Å²) in [5, 5.41) is 0. The molecule has 0 radical (unpaired) electrons. The van der Waals surface area contributed by atoms with Gasteiger partial charge in [-0.3, -0.25) is 9.78 Å². The van der Waals surface area contributed by atoms with Crippen molar-refractivity contribution in [2.24, 2.45) is 0 Å². The van der Waals surface area contributed by atoms with Crippen molar-refractivity contribution in [3.05, 3.63) is 47.8 Å². The van der Waals surface area contributed by atoms with Gasteiger partial charge in [-0.1, -0.05) is 6.07 Å². The van der Waals surface area contributed by atoms with Crippen LogP contribution >= 0.6 is 0 Å². The van der Waals surface area contributed by atoms with Crippen LogP contribution in [0.15, 0.2) is 41.4 Å². The van der Waals surface area contributed by atoms with E-state index >= 15 is 0 Å². The largest absolute Gasteiger partial charge is 0.454 e. The lowest BCUT2D eigenvalue weighted by molar-refractivity contribution is -0.131. The first kappa shape index (κ1) is 18.7. The number of ether oxygens (including phenoxy) is 2. The first-order valence-corrected chi connectivity index (χ1v) is 11.1. The van der Waals surface area contributed by atoms with E-state index in [9.17, 15) is 13.2 Å². The van der Waals surface area contributed by atoms with Gasteiger partial charge >= 0.3 is 0 Å². The van der Waals surface area contributed by atoms with Gasteiger partial charge in [0.1, 0.15) is 0 Å². The van der Waals surface area contributed by atoms with E-state index in [4.69, 9.17) is 9.47 Å². The second-order valence-corrected chi connectivity index (χ2v) is 9.19. The van der Waals surface area contributed by atoms with Crippen LogP contribution in [0, 0.1) is 0 Å². The highest BCUT2D eigenvalue weighted by Gasteiger charge is 2.29. The predicted octanol–water partition coefficient (Wildman–Crippen LogP) is 2.16. The van der Waals surface area contributed by atoms with Crippen molar-refractivity contribution in [1.29, 1.82) is 0 Å². The van der Waals surface area contributed by atoms with E-state index in [1.54, 1.807) is 23.2 Å². The van der Waals surface area contributed by atoms with Crippen LogP contribution < -0.4 is 9.47 Å². The predicted molar refractivity (Wildman–Crippen MR) is 102 cm³/mol. The number of amides is 1. The molecule has 1 fully saturated rings. The minimum atomic E-state index is -3.37. The van der Waals surface area contributed by atoms with Crippen molar-refractivity contribution < 1.29 is 22.7 Å². The number of pyridine rings is 1. The standard InChI is InChI=1S/C20H22N2O5S/c1-28(24,25)18-5-2-8-21-20(18)15-4-3-9-22(12-15)19(23)11-14-6-7-16-17(10-14)27-13-26-16/h2,5-8,10,15H,3-4,9,11-13H2,1H3. The average Bonchev–Trinajstić information content (AvgIpc) is 3.15. The molecule has 0 saturated carbocycles. The Bertz CT molecular complexity index is 1010. The average molecular weight is 402 g/mol. The zero-order valence-corrected chi connectivity index (χ0v) is 16.4. The summed E-state index contributed by atoms with van der Waals surface area (Å²) < 4.78 is 34.9. The maximum atomic E-state index is 12.8. The first-order valence-electron chi connectivity index (χ1n) is 9.23. The number of aromatic nitrogens is 1. The summed E-state index contributed by atoms with van der Waals surface area (Å²) in [4.78, 5) is 19.2. The van der Waals surface area contributed by atoms with E-state index in [0.717, 1.165) is 18.4 Å². The molecule has 4 rings (SSSR count). The molecule has 8 heteroatoms. The Hall–Kier alpha value is -2.61. The van der Waals surface area contributed by atoms with Crippen molar-refractivity contribution in [1.82, 2.24) is 9.88 Å². The van der Waals surface area contributed by atoms with Gasteiger partial charge in [0.25, 0.3) is 0 Å². The zero-order valence-electron chi connectivity index (χ0n) is 15.6. The van der Waals surface area contributed by atoms with E-state index in [2.05, 4.69) is 4.98 Å². The first-order chi connectivity index (χ1) is 13.4. The molecule has 1 aromatic heterocycles. The minimum absolute atomic E-state index is 0.0143. The number of likely N-dealkylation sites (tertiary alicyclic amines) is 1. The summed E-state index contributed by atoms with van der Waals surface area (Å²) in [7, 11) is -3.37. The number of rotatable bonds is 4. The molecule has 1 unspecified atom stereocenters. The number of carbonyl (C=O) groups excluding carboxylic acids is 1. The molecule has 0 N–H and O–H groups in total. The molecule has 28 heavy (non-hydrogen) atoms. The van der Waals surface area contributed by atoms with E-state index in [-0.39, 0.29) is 29.9 Å². The zero-order chi connectivity index (χ0) is 19.7. The number of carbonyl (C=O) groups is 1. The summed E-state index contributed by atoms with van der Waals surface area (Å²) in [6.07, 6.45) is 4.70. The molecule has 3 heterocycles. The van der Waals surface area contributed by atoms with Crippen molar-refractivity contribution in [2.75, 3.05) is 26.1 Å². The van der Waals surface area contributed by atoms with E-state index in [1.807, 2.05) is 18.2 Å². The molecular weight excluding hydrogens is 380 g/mol. The third-order valence-corrected chi connectivity index (χ3v) is 6.30. The SMILES string of the molecule is CS(=O)(=O)c1cccnc1C1CCCN(C(=O)Cc2ccc3c(c2)OCO3)C1. The Kier molecular flexibility index (Phi) is 4.97. The van der Waals surface area contributed by atoms with Crippen LogP contribution in [0.1, 0.15) is 30.0 Å². The van der Waals surface area contributed by atoms with Crippen LogP contribution in [0.5, 0.6) is 11.5 Å². The molecule has 2 aromatic rings. The number of hydrogen-bond donors (Lipinski definition) is 0. The second kappa shape index (κ2) is 7.43. The smallest absolute Gasteiger partial charge is 0.231 e. The fourth-order valence-corrected chi connectivity index (χ4v) is 4.71. The number of piperidine rings is 1. The lowest BCUT2D eigenvalue weighted by Crippen LogP contribution is -2.40. The maximum Gasteiger partial charge on any atom is 0.231 e. The summed E-state index contributed by atoms with van der Waals surface area (Å²) in [5.74, 6) is 1.28. The van der Waals surface area contributed by atoms with Crippen molar-refractivity contribution in [3.8, 4) is 11.5 Å². The minimum Gasteiger partial charge on any atom is -0.454 e. The molecule has 1 aromatic carbocycles. The third kappa shape index (κ3) is 3.82. The number of sulfone groups is 1. The second-order valence-electron chi connectivity index (χ2n) is 7.20. The quantitative estimate of drug-likeness (QED) is 0.779. The number of fused-ring (bicyclic) bond motifs is 1. The fraction of sp³-hybridized carbons (Fsp3) is 0.400. The van der Waals surface area contributed by atoms with Gasteiger partial charge in [-0.2, -0.15) is 0 Å². The van der Waals surface area contributed by atoms with Crippen LogP contribution in [0.2, 0.25) is 0 Å². The van der Waals surface area contributed by atoms with Gasteiger partial charge in [0.05, 0.1) is 17.0 Å². The summed E-state index contributed by atoms with van der Waals surface area (Å²) in [6.45, 7) is 1.34. The third-order valence-electron chi connectivity index (χ3n) is 5.15. The van der Waals surface area contributed by atoms with Crippen LogP contribution in [0.4, 0.5) is 0 Å². The van der Waals surface area contributed by atoms with Gasteiger partial charge in [0.2, 0.25) is 12.7 Å². The molecule has 1 atom stereocenters. The van der Waals surface area contributed by atoms with Crippen LogP contribution in [0.25, 0.3) is 0 Å². The Morgan fingerprint density at radius 3 is 2.89 bits per heavy atom. The summed E-state index contributed by atoms with van der Waals surface area (Å²) in [5.41, 5.74) is 1.43. The van der Waals surface area contributed by atoms with E-state index in [1.165, 1.54) is 6.26 Å². The molecule has 1 saturated heterocycles. The summed E-state index contributed by atoms with van der Waals surface area (Å²) in [6, 6.07) is 8.74. The van der Waals surface area contributed by atoms with Gasteiger partial charge < -0.3 is 14.4 Å². The molecule has 2 aliphatic rings. The van der Waals surface area contributed by atoms with Crippen molar-refractivity contribution >= 4 is 15.7 Å². The number of nitrogens with zero attached hydrogens (tertiary/aromatic N) is 2. The van der Waals surface area contributed by atoms with Crippen LogP contribution in [0.3, 0.4) is 0 Å².